The summed E-state index contributed by atoms with van der Waals surface area (Å²) in [6, 6.07) is 5.25. The number of hydrogen-bond donors (Lipinski definition) is 2. The normalized spacial score (nSPS) is 15.6. The van der Waals surface area contributed by atoms with Crippen molar-refractivity contribution in [1.82, 2.24) is 5.32 Å². The molecule has 0 radical (unpaired) electrons. The number of benzene rings is 1. The van der Waals surface area contributed by atoms with Gasteiger partial charge in [0, 0.05) is 18.6 Å². The van der Waals surface area contributed by atoms with E-state index in [-0.39, 0.29) is 12.1 Å². The fourth-order valence-corrected chi connectivity index (χ4v) is 1.58. The van der Waals surface area contributed by atoms with E-state index in [1.165, 1.54) is 12.1 Å². The summed E-state index contributed by atoms with van der Waals surface area (Å²) in [7, 11) is 0. The van der Waals surface area contributed by atoms with Crippen LogP contribution in [-0.2, 0) is 6.18 Å². The van der Waals surface area contributed by atoms with Gasteiger partial charge in [0.1, 0.15) is 0 Å². The minimum Gasteiger partial charge on any atom is -0.329 e. The Morgan fingerprint density at radius 1 is 1.29 bits per heavy atom. The molecule has 2 unspecified atom stereocenters. The van der Waals surface area contributed by atoms with E-state index in [4.69, 9.17) is 5.73 Å². The summed E-state index contributed by atoms with van der Waals surface area (Å²) in [5.74, 6) is 0. The Kier molecular flexibility index (Phi) is 4.54. The lowest BCUT2D eigenvalue weighted by Gasteiger charge is -2.20. The topological polar surface area (TPSA) is 38.0 Å². The first-order valence-electron chi connectivity index (χ1n) is 5.48. The molecule has 0 bridgehead atoms. The molecule has 1 aromatic carbocycles. The maximum Gasteiger partial charge on any atom is 0.416 e. The van der Waals surface area contributed by atoms with Crippen LogP contribution >= 0.6 is 0 Å². The van der Waals surface area contributed by atoms with Crippen LogP contribution in [0.15, 0.2) is 24.3 Å². The van der Waals surface area contributed by atoms with Crippen LogP contribution in [0.2, 0.25) is 0 Å². The molecule has 96 valence electrons. The lowest BCUT2D eigenvalue weighted by atomic mass is 10.0. The fraction of sp³-hybridized carbons (Fsp3) is 0.500. The molecule has 17 heavy (non-hydrogen) atoms. The van der Waals surface area contributed by atoms with E-state index < -0.39 is 11.7 Å². The molecular formula is C12H17F3N2. The molecule has 0 spiro atoms. The van der Waals surface area contributed by atoms with Gasteiger partial charge in [0.25, 0.3) is 0 Å². The summed E-state index contributed by atoms with van der Waals surface area (Å²) in [6.07, 6.45) is -4.30. The van der Waals surface area contributed by atoms with Crippen LogP contribution < -0.4 is 11.1 Å². The van der Waals surface area contributed by atoms with Crippen LogP contribution in [0.3, 0.4) is 0 Å². The number of nitrogens with one attached hydrogen (secondary N) is 1. The van der Waals surface area contributed by atoms with Crippen molar-refractivity contribution < 1.29 is 13.2 Å². The Labute approximate surface area is 99.0 Å². The molecular weight excluding hydrogens is 229 g/mol. The number of rotatable bonds is 4. The van der Waals surface area contributed by atoms with Gasteiger partial charge in [-0.05, 0) is 31.5 Å². The van der Waals surface area contributed by atoms with Gasteiger partial charge in [-0.25, -0.2) is 0 Å². The summed E-state index contributed by atoms with van der Waals surface area (Å²) in [4.78, 5) is 0. The van der Waals surface area contributed by atoms with Crippen LogP contribution in [0.5, 0.6) is 0 Å². The van der Waals surface area contributed by atoms with Gasteiger partial charge < -0.3 is 11.1 Å². The Bertz CT molecular complexity index is 363. The third-order valence-corrected chi connectivity index (χ3v) is 2.60. The van der Waals surface area contributed by atoms with E-state index in [2.05, 4.69) is 5.32 Å². The van der Waals surface area contributed by atoms with Crippen molar-refractivity contribution in [2.45, 2.75) is 32.1 Å². The smallest absolute Gasteiger partial charge is 0.329 e. The largest absolute Gasteiger partial charge is 0.416 e. The Morgan fingerprint density at radius 2 is 1.94 bits per heavy atom. The van der Waals surface area contributed by atoms with Gasteiger partial charge in [0.2, 0.25) is 0 Å². The monoisotopic (exact) mass is 246 g/mol. The summed E-state index contributed by atoms with van der Waals surface area (Å²) in [5, 5.41) is 3.13. The summed E-state index contributed by atoms with van der Waals surface area (Å²) < 4.78 is 37.6. The molecule has 2 atom stereocenters. The highest BCUT2D eigenvalue weighted by molar-refractivity contribution is 5.27. The first kappa shape index (κ1) is 14.0. The van der Waals surface area contributed by atoms with E-state index >= 15 is 0 Å². The molecule has 0 saturated heterocycles. The number of hydrogen-bond acceptors (Lipinski definition) is 2. The predicted octanol–water partition coefficient (Wildman–Crippen LogP) is 2.70. The zero-order valence-corrected chi connectivity index (χ0v) is 9.88. The van der Waals surface area contributed by atoms with Gasteiger partial charge in [0.05, 0.1) is 5.56 Å². The van der Waals surface area contributed by atoms with Gasteiger partial charge in [-0.3, -0.25) is 0 Å². The molecule has 0 aliphatic carbocycles. The molecule has 0 aromatic heterocycles. The Hall–Kier alpha value is -1.07. The minimum absolute atomic E-state index is 0.0690. The molecule has 1 rings (SSSR count). The van der Waals surface area contributed by atoms with Crippen molar-refractivity contribution in [3.05, 3.63) is 35.4 Å². The zero-order valence-electron chi connectivity index (χ0n) is 9.88. The highest BCUT2D eigenvalue weighted by Crippen LogP contribution is 2.30. The average molecular weight is 246 g/mol. The molecule has 1 aromatic rings. The molecule has 5 heteroatoms. The second-order valence-electron chi connectivity index (χ2n) is 4.15. The lowest BCUT2D eigenvalue weighted by molar-refractivity contribution is -0.137. The van der Waals surface area contributed by atoms with Gasteiger partial charge in [-0.2, -0.15) is 13.2 Å². The maximum atomic E-state index is 12.5. The van der Waals surface area contributed by atoms with Crippen LogP contribution in [0.1, 0.15) is 31.0 Å². The first-order chi connectivity index (χ1) is 7.84. The van der Waals surface area contributed by atoms with Crippen molar-refractivity contribution in [3.8, 4) is 0 Å². The molecule has 0 amide bonds. The van der Waals surface area contributed by atoms with Gasteiger partial charge in [0.15, 0.2) is 0 Å². The quantitative estimate of drug-likeness (QED) is 0.857. The van der Waals surface area contributed by atoms with Crippen molar-refractivity contribution in [3.63, 3.8) is 0 Å². The maximum absolute atomic E-state index is 12.5. The van der Waals surface area contributed by atoms with E-state index in [0.29, 0.717) is 12.1 Å². The summed E-state index contributed by atoms with van der Waals surface area (Å²) in [6.45, 7) is 4.16. The molecule has 0 fully saturated rings. The van der Waals surface area contributed by atoms with Crippen LogP contribution in [-0.4, -0.2) is 12.6 Å². The fourth-order valence-electron chi connectivity index (χ4n) is 1.58. The highest BCUT2D eigenvalue weighted by atomic mass is 19.4. The van der Waals surface area contributed by atoms with E-state index in [9.17, 15) is 13.2 Å². The molecule has 0 saturated carbocycles. The minimum atomic E-state index is -4.30. The van der Waals surface area contributed by atoms with Crippen molar-refractivity contribution in [2.75, 3.05) is 6.54 Å². The van der Waals surface area contributed by atoms with Crippen LogP contribution in [0, 0.1) is 0 Å². The summed E-state index contributed by atoms with van der Waals surface area (Å²) >= 11 is 0. The molecule has 0 aliphatic heterocycles. The lowest BCUT2D eigenvalue weighted by Crippen LogP contribution is -2.35. The van der Waals surface area contributed by atoms with Crippen molar-refractivity contribution in [1.29, 1.82) is 0 Å². The number of halogens is 3. The van der Waals surface area contributed by atoms with Crippen molar-refractivity contribution >= 4 is 0 Å². The van der Waals surface area contributed by atoms with E-state index in [1.54, 1.807) is 6.07 Å². The summed E-state index contributed by atoms with van der Waals surface area (Å²) in [5.41, 5.74) is 5.45. The van der Waals surface area contributed by atoms with Crippen LogP contribution in [0.25, 0.3) is 0 Å². The molecule has 0 aliphatic rings. The Morgan fingerprint density at radius 3 is 2.47 bits per heavy atom. The predicted molar refractivity (Wildman–Crippen MR) is 61.5 cm³/mol. The molecule has 3 N–H and O–H groups in total. The third-order valence-electron chi connectivity index (χ3n) is 2.60. The second-order valence-corrected chi connectivity index (χ2v) is 4.15. The number of alkyl halides is 3. The highest BCUT2D eigenvalue weighted by Gasteiger charge is 2.30. The van der Waals surface area contributed by atoms with Crippen molar-refractivity contribution in [2.24, 2.45) is 5.73 Å². The average Bonchev–Trinajstić information content (AvgIpc) is 2.28. The molecule has 2 nitrogen and oxygen atoms in total. The third kappa shape index (κ3) is 4.02. The van der Waals surface area contributed by atoms with Gasteiger partial charge in [-0.1, -0.05) is 12.1 Å². The van der Waals surface area contributed by atoms with E-state index in [1.807, 2.05) is 13.8 Å². The van der Waals surface area contributed by atoms with Gasteiger partial charge in [-0.15, -0.1) is 0 Å². The number of nitrogens with two attached hydrogens (primary N) is 1. The second kappa shape index (κ2) is 5.51. The Balaban J connectivity index is 2.84. The zero-order chi connectivity index (χ0) is 13.1. The standard InChI is InChI=1S/C12H17F3N2/c1-8(7-16)17-9(2)10-4-3-5-11(6-10)12(13,14)15/h3-6,8-9,17H,7,16H2,1-2H3. The molecule has 0 heterocycles. The SMILES string of the molecule is CC(CN)NC(C)c1cccc(C(F)(F)F)c1. The first-order valence-corrected chi connectivity index (χ1v) is 5.48. The van der Waals surface area contributed by atoms with Gasteiger partial charge >= 0.3 is 6.18 Å². The van der Waals surface area contributed by atoms with Crippen LogP contribution in [0.4, 0.5) is 13.2 Å². The van der Waals surface area contributed by atoms with E-state index in [0.717, 1.165) is 6.07 Å².